The van der Waals surface area contributed by atoms with E-state index in [2.05, 4.69) is 5.32 Å². The Balaban J connectivity index is 1.86. The molecule has 0 fully saturated rings. The van der Waals surface area contributed by atoms with Crippen molar-refractivity contribution in [1.82, 2.24) is 5.32 Å². The van der Waals surface area contributed by atoms with E-state index in [0.29, 0.717) is 0 Å². The number of rotatable bonds is 7. The number of carbonyl (C=O) groups is 2. The highest BCUT2D eigenvalue weighted by Crippen LogP contribution is 2.12. The average Bonchev–Trinajstić information content (AvgIpc) is 2.59. The normalized spacial score (nSPS) is 11.8. The zero-order chi connectivity index (χ0) is 17.7. The van der Waals surface area contributed by atoms with Crippen molar-refractivity contribution in [3.05, 3.63) is 61.9 Å². The molecule has 0 aliphatic carbocycles. The molecule has 3 N–H and O–H groups in total. The van der Waals surface area contributed by atoms with E-state index in [9.17, 15) is 24.3 Å². The highest BCUT2D eigenvalue weighted by Gasteiger charge is 2.25. The molecule has 0 spiro atoms. The summed E-state index contributed by atoms with van der Waals surface area (Å²) in [6.45, 7) is -0.0159. The van der Waals surface area contributed by atoms with Crippen LogP contribution in [0.3, 0.4) is 0 Å². The number of hydrogen-bond donors (Lipinski definition) is 3. The van der Waals surface area contributed by atoms with Gasteiger partial charge in [-0.1, -0.05) is 30.3 Å². The van der Waals surface area contributed by atoms with Crippen molar-refractivity contribution in [1.29, 1.82) is 0 Å². The Morgan fingerprint density at radius 3 is 2.38 bits per heavy atom. The van der Waals surface area contributed by atoms with Gasteiger partial charge in [-0.05, 0) is 18.4 Å². The summed E-state index contributed by atoms with van der Waals surface area (Å²) in [4.78, 5) is 44.9. The monoisotopic (exact) mass is 333 g/mol. The number of hydrogen-bond acceptors (Lipinski definition) is 6. The molecule has 0 aliphatic rings. The zero-order valence-electron chi connectivity index (χ0n) is 12.5. The third-order valence-corrected chi connectivity index (χ3v) is 3.47. The maximum atomic E-state index is 11.7. The van der Waals surface area contributed by atoms with Crippen LogP contribution in [0, 0.1) is 0 Å². The minimum atomic E-state index is -1.31. The second-order valence-corrected chi connectivity index (χ2v) is 5.12. The highest BCUT2D eigenvalue weighted by atomic mass is 16.5. The van der Waals surface area contributed by atoms with Gasteiger partial charge in [0, 0.05) is 5.56 Å². The van der Waals surface area contributed by atoms with Gasteiger partial charge in [-0.25, -0.2) is 9.59 Å². The topological polar surface area (TPSA) is 130 Å². The maximum Gasteiger partial charge on any atom is 0.408 e. The summed E-state index contributed by atoms with van der Waals surface area (Å²) in [6.07, 6.45) is -1.21. The summed E-state index contributed by atoms with van der Waals surface area (Å²) in [7, 11) is 0. The summed E-state index contributed by atoms with van der Waals surface area (Å²) in [5.41, 5.74) is -1.19. The Kier molecular flexibility index (Phi) is 5.31. The van der Waals surface area contributed by atoms with Gasteiger partial charge >= 0.3 is 12.1 Å². The number of ether oxygens (including phenoxy) is 1. The van der Waals surface area contributed by atoms with Crippen LogP contribution >= 0.6 is 0 Å². The molecule has 0 radical (unpaired) electrons. The first-order valence-corrected chi connectivity index (χ1v) is 7.11. The summed E-state index contributed by atoms with van der Waals surface area (Å²) in [5.74, 6) is -1.96. The molecule has 1 amide bonds. The van der Waals surface area contributed by atoms with Gasteiger partial charge in [0.15, 0.2) is 5.75 Å². The fourth-order valence-electron chi connectivity index (χ4n) is 2.11. The largest absolute Gasteiger partial charge is 0.504 e. The van der Waals surface area contributed by atoms with Crippen molar-refractivity contribution in [2.45, 2.75) is 25.5 Å². The molecule has 126 valence electrons. The lowest BCUT2D eigenvalue weighted by atomic mass is 10.0. The Morgan fingerprint density at radius 1 is 1.12 bits per heavy atom. The first kappa shape index (κ1) is 17.2. The molecule has 0 aromatic heterocycles. The van der Waals surface area contributed by atoms with Crippen molar-refractivity contribution in [2.24, 2.45) is 0 Å². The van der Waals surface area contributed by atoms with Crippen LogP contribution < -0.4 is 16.2 Å². The van der Waals surface area contributed by atoms with Crippen LogP contribution in [-0.2, 0) is 22.6 Å². The molecule has 0 heterocycles. The van der Waals surface area contributed by atoms with Crippen molar-refractivity contribution in [3.63, 3.8) is 0 Å². The molecule has 1 atom stereocenters. The predicted octanol–water partition coefficient (Wildman–Crippen LogP) is 0.300. The SMILES string of the molecule is O=C(N[C@@H](CCc1c(O)c(=O)c1=O)C(=O)O)OCc1ccccc1. The molecule has 2 aromatic carbocycles. The quantitative estimate of drug-likeness (QED) is 0.621. The molecule has 0 saturated carbocycles. The van der Waals surface area contributed by atoms with Crippen molar-refractivity contribution < 1.29 is 24.5 Å². The number of aromatic hydroxyl groups is 1. The molecule has 0 aliphatic heterocycles. The van der Waals surface area contributed by atoms with Gasteiger partial charge in [0.05, 0.1) is 0 Å². The van der Waals surface area contributed by atoms with Crippen LogP contribution in [-0.4, -0.2) is 28.3 Å². The van der Waals surface area contributed by atoms with Crippen molar-refractivity contribution in [3.8, 4) is 5.75 Å². The van der Waals surface area contributed by atoms with Gasteiger partial charge in [0.2, 0.25) is 5.43 Å². The van der Waals surface area contributed by atoms with E-state index in [-0.39, 0.29) is 25.0 Å². The van der Waals surface area contributed by atoms with Gasteiger partial charge in [-0.15, -0.1) is 0 Å². The lowest BCUT2D eigenvalue weighted by molar-refractivity contribution is -0.139. The summed E-state index contributed by atoms with van der Waals surface area (Å²) in [5, 5.41) is 20.5. The Bertz CT molecular complexity index is 806. The predicted molar refractivity (Wildman–Crippen MR) is 82.5 cm³/mol. The number of benzene rings is 1. The van der Waals surface area contributed by atoms with E-state index in [1.807, 2.05) is 0 Å². The molecule has 8 nitrogen and oxygen atoms in total. The standard InChI is InChI=1S/C16H15NO7/c18-12-10(13(19)14(12)20)6-7-11(15(21)22)17-16(23)24-8-9-4-2-1-3-5-9/h1-5,11,18H,6-8H2,(H,17,23)(H,21,22)/t11-/m0/s1. The van der Waals surface area contributed by atoms with Crippen LogP contribution in [0.1, 0.15) is 17.5 Å². The Labute approximate surface area is 136 Å². The average molecular weight is 333 g/mol. The van der Waals surface area contributed by atoms with Crippen molar-refractivity contribution in [2.75, 3.05) is 0 Å². The minimum Gasteiger partial charge on any atom is -0.504 e. The molecule has 2 aromatic rings. The second-order valence-electron chi connectivity index (χ2n) is 5.12. The molecular formula is C16H15NO7. The van der Waals surface area contributed by atoms with Gasteiger partial charge in [0.25, 0.3) is 5.43 Å². The zero-order valence-corrected chi connectivity index (χ0v) is 12.5. The molecule has 8 heteroatoms. The Hall–Kier alpha value is -3.16. The van der Waals surface area contributed by atoms with Crippen LogP contribution in [0.15, 0.2) is 39.9 Å². The van der Waals surface area contributed by atoms with E-state index >= 15 is 0 Å². The van der Waals surface area contributed by atoms with Gasteiger partial charge in [-0.3, -0.25) is 9.59 Å². The van der Waals surface area contributed by atoms with E-state index < -0.39 is 34.7 Å². The number of nitrogens with one attached hydrogen (secondary N) is 1. The smallest absolute Gasteiger partial charge is 0.408 e. The number of aliphatic carboxylic acids is 1. The third kappa shape index (κ3) is 3.97. The van der Waals surface area contributed by atoms with E-state index in [0.717, 1.165) is 5.56 Å². The van der Waals surface area contributed by atoms with Gasteiger partial charge < -0.3 is 20.3 Å². The maximum absolute atomic E-state index is 11.7. The molecule has 24 heavy (non-hydrogen) atoms. The third-order valence-electron chi connectivity index (χ3n) is 3.47. The van der Waals surface area contributed by atoms with E-state index in [1.165, 1.54) is 0 Å². The van der Waals surface area contributed by atoms with E-state index in [4.69, 9.17) is 9.84 Å². The van der Waals surface area contributed by atoms with Crippen LogP contribution in [0.25, 0.3) is 0 Å². The number of alkyl carbamates (subject to hydrolysis) is 1. The first-order valence-electron chi connectivity index (χ1n) is 7.11. The lowest BCUT2D eigenvalue weighted by Gasteiger charge is -2.15. The Morgan fingerprint density at radius 2 is 1.79 bits per heavy atom. The fourth-order valence-corrected chi connectivity index (χ4v) is 2.11. The van der Waals surface area contributed by atoms with Crippen LogP contribution in [0.4, 0.5) is 4.79 Å². The van der Waals surface area contributed by atoms with E-state index in [1.54, 1.807) is 30.3 Å². The molecular weight excluding hydrogens is 318 g/mol. The molecule has 0 unspecified atom stereocenters. The number of carboxylic acid groups (broad SMARTS) is 1. The van der Waals surface area contributed by atoms with Crippen LogP contribution in [0.5, 0.6) is 5.75 Å². The lowest BCUT2D eigenvalue weighted by Crippen LogP contribution is -2.42. The molecule has 2 rings (SSSR count). The number of amides is 1. The van der Waals surface area contributed by atoms with Crippen molar-refractivity contribution >= 4 is 12.1 Å². The summed E-state index contributed by atoms with van der Waals surface area (Å²) in [6, 6.07) is 7.53. The second kappa shape index (κ2) is 7.40. The van der Waals surface area contributed by atoms with Gasteiger partial charge in [0.1, 0.15) is 12.6 Å². The first-order chi connectivity index (χ1) is 11.4. The minimum absolute atomic E-state index is 0.0159. The number of carbonyl (C=O) groups excluding carboxylic acids is 1. The fraction of sp³-hybridized carbons (Fsp3) is 0.250. The van der Waals surface area contributed by atoms with Crippen LogP contribution in [0.2, 0.25) is 0 Å². The van der Waals surface area contributed by atoms with Gasteiger partial charge in [-0.2, -0.15) is 0 Å². The highest BCUT2D eigenvalue weighted by molar-refractivity contribution is 5.79. The number of carboxylic acids is 1. The molecule has 0 saturated heterocycles. The molecule has 0 bridgehead atoms. The summed E-state index contributed by atoms with van der Waals surface area (Å²) >= 11 is 0. The summed E-state index contributed by atoms with van der Waals surface area (Å²) < 4.78 is 4.92.